The van der Waals surface area contributed by atoms with Crippen molar-refractivity contribution in [1.82, 2.24) is 15.5 Å². The Morgan fingerprint density at radius 2 is 2.17 bits per heavy atom. The zero-order chi connectivity index (χ0) is 17.2. The van der Waals surface area contributed by atoms with E-state index in [-0.39, 0.29) is 23.9 Å². The molecule has 2 heterocycles. The van der Waals surface area contributed by atoms with Crippen LogP contribution in [0.3, 0.4) is 0 Å². The molecule has 1 aromatic heterocycles. The lowest BCUT2D eigenvalue weighted by atomic mass is 9.98. The highest BCUT2D eigenvalue weighted by molar-refractivity contribution is 7.10. The minimum atomic E-state index is -0.660. The van der Waals surface area contributed by atoms with Crippen LogP contribution in [0.2, 0.25) is 0 Å². The van der Waals surface area contributed by atoms with Crippen molar-refractivity contribution in [3.8, 4) is 0 Å². The van der Waals surface area contributed by atoms with E-state index in [4.69, 9.17) is 0 Å². The zero-order valence-corrected chi connectivity index (χ0v) is 14.7. The molecule has 2 aliphatic rings. The highest BCUT2D eigenvalue weighted by Crippen LogP contribution is 2.35. The smallest absolute Gasteiger partial charge is 0.325 e. The van der Waals surface area contributed by atoms with Crippen LogP contribution in [0.15, 0.2) is 17.5 Å². The highest BCUT2D eigenvalue weighted by atomic mass is 32.1. The van der Waals surface area contributed by atoms with Crippen molar-refractivity contribution < 1.29 is 14.4 Å². The van der Waals surface area contributed by atoms with Gasteiger partial charge in [-0.05, 0) is 37.6 Å². The topological polar surface area (TPSA) is 78.5 Å². The Kier molecular flexibility index (Phi) is 4.89. The Balaban J connectivity index is 1.45. The van der Waals surface area contributed by atoms with Crippen LogP contribution in [-0.4, -0.2) is 34.8 Å². The number of hydrogen-bond donors (Lipinski definition) is 2. The largest absolute Gasteiger partial charge is 0.349 e. The second-order valence-electron chi connectivity index (χ2n) is 6.58. The molecular formula is C17H23N3O3S. The van der Waals surface area contributed by atoms with E-state index in [0.29, 0.717) is 19.4 Å². The zero-order valence-electron chi connectivity index (χ0n) is 13.8. The van der Waals surface area contributed by atoms with Crippen LogP contribution < -0.4 is 10.6 Å². The number of thiophene rings is 1. The molecule has 7 heteroatoms. The first-order valence-corrected chi connectivity index (χ1v) is 9.37. The van der Waals surface area contributed by atoms with Crippen LogP contribution >= 0.6 is 11.3 Å². The van der Waals surface area contributed by atoms with Crippen LogP contribution in [0.1, 0.15) is 56.4 Å². The third-order valence-electron chi connectivity index (χ3n) is 4.84. The van der Waals surface area contributed by atoms with Crippen molar-refractivity contribution in [2.24, 2.45) is 0 Å². The third kappa shape index (κ3) is 3.31. The van der Waals surface area contributed by atoms with Crippen molar-refractivity contribution in [3.63, 3.8) is 0 Å². The van der Waals surface area contributed by atoms with E-state index < -0.39 is 5.54 Å². The summed E-state index contributed by atoms with van der Waals surface area (Å²) in [7, 11) is 0. The average molecular weight is 349 g/mol. The fourth-order valence-electron chi connectivity index (χ4n) is 3.52. The maximum Gasteiger partial charge on any atom is 0.325 e. The Morgan fingerprint density at radius 3 is 2.83 bits per heavy atom. The van der Waals surface area contributed by atoms with Crippen molar-refractivity contribution in [2.45, 2.75) is 57.0 Å². The standard InChI is InChI=1S/C17H23N3O3S/c1-12(13-6-5-11-24-13)18-14(21)7-4-10-20-15(22)17(19-16(20)23)8-2-3-9-17/h5-6,11-12H,2-4,7-10H2,1H3,(H,18,21)(H,19,23)/t12-/m1/s1. The summed E-state index contributed by atoms with van der Waals surface area (Å²) >= 11 is 1.61. The molecule has 2 fully saturated rings. The van der Waals surface area contributed by atoms with Gasteiger partial charge in [0.05, 0.1) is 6.04 Å². The minimum Gasteiger partial charge on any atom is -0.349 e. The van der Waals surface area contributed by atoms with Gasteiger partial charge < -0.3 is 10.6 Å². The molecule has 1 aliphatic heterocycles. The number of rotatable bonds is 6. The Hall–Kier alpha value is -1.89. The maximum absolute atomic E-state index is 12.5. The Morgan fingerprint density at radius 1 is 1.42 bits per heavy atom. The number of carbonyl (C=O) groups is 3. The molecule has 3 rings (SSSR count). The molecule has 4 amide bonds. The van der Waals surface area contributed by atoms with Crippen molar-refractivity contribution in [2.75, 3.05) is 6.54 Å². The van der Waals surface area contributed by atoms with Gasteiger partial charge >= 0.3 is 6.03 Å². The van der Waals surface area contributed by atoms with Gasteiger partial charge in [0.15, 0.2) is 0 Å². The van der Waals surface area contributed by atoms with Crippen molar-refractivity contribution in [1.29, 1.82) is 0 Å². The van der Waals surface area contributed by atoms with E-state index >= 15 is 0 Å². The van der Waals surface area contributed by atoms with Crippen molar-refractivity contribution >= 4 is 29.2 Å². The summed E-state index contributed by atoms with van der Waals surface area (Å²) in [6.07, 6.45) is 4.20. The molecule has 1 saturated heterocycles. The lowest BCUT2D eigenvalue weighted by molar-refractivity contribution is -0.131. The first-order valence-electron chi connectivity index (χ1n) is 8.49. The van der Waals surface area contributed by atoms with E-state index in [1.807, 2.05) is 24.4 Å². The number of amides is 4. The molecule has 1 atom stereocenters. The molecule has 6 nitrogen and oxygen atoms in total. The van der Waals surface area contributed by atoms with Crippen LogP contribution in [0.5, 0.6) is 0 Å². The van der Waals surface area contributed by atoms with Gasteiger partial charge in [0.25, 0.3) is 5.91 Å². The van der Waals surface area contributed by atoms with Crippen molar-refractivity contribution in [3.05, 3.63) is 22.4 Å². The highest BCUT2D eigenvalue weighted by Gasteiger charge is 2.51. The molecule has 0 aromatic carbocycles. The summed E-state index contributed by atoms with van der Waals surface area (Å²) in [4.78, 5) is 39.0. The summed E-state index contributed by atoms with van der Waals surface area (Å²) in [5, 5.41) is 7.78. The normalized spacial score (nSPS) is 20.5. The van der Waals surface area contributed by atoms with Gasteiger partial charge in [-0.2, -0.15) is 0 Å². The summed E-state index contributed by atoms with van der Waals surface area (Å²) in [6, 6.07) is 3.62. The molecule has 0 bridgehead atoms. The molecule has 1 aliphatic carbocycles. The van der Waals surface area contributed by atoms with Crippen LogP contribution in [-0.2, 0) is 9.59 Å². The van der Waals surface area contributed by atoms with Crippen LogP contribution in [0.4, 0.5) is 4.79 Å². The Bertz CT molecular complexity index is 623. The molecule has 1 aromatic rings. The third-order valence-corrected chi connectivity index (χ3v) is 5.89. The SMILES string of the molecule is C[C@@H](NC(=O)CCCN1C(=O)NC2(CCCC2)C1=O)c1cccs1. The number of urea groups is 1. The minimum absolute atomic E-state index is 0.0176. The van der Waals surface area contributed by atoms with Gasteiger partial charge in [-0.25, -0.2) is 4.79 Å². The van der Waals surface area contributed by atoms with E-state index in [1.54, 1.807) is 11.3 Å². The molecule has 0 radical (unpaired) electrons. The number of carbonyl (C=O) groups excluding carboxylic acids is 3. The first-order chi connectivity index (χ1) is 11.5. The number of hydrogen-bond acceptors (Lipinski definition) is 4. The quantitative estimate of drug-likeness (QED) is 0.775. The lowest BCUT2D eigenvalue weighted by Gasteiger charge is -2.20. The molecule has 24 heavy (non-hydrogen) atoms. The molecule has 2 N–H and O–H groups in total. The first kappa shape index (κ1) is 17.0. The molecule has 1 saturated carbocycles. The average Bonchev–Trinajstić information content (AvgIpc) is 3.26. The molecular weight excluding hydrogens is 326 g/mol. The second kappa shape index (κ2) is 6.93. The summed E-state index contributed by atoms with van der Waals surface area (Å²) in [5.41, 5.74) is -0.660. The predicted molar refractivity (Wildman–Crippen MR) is 91.6 cm³/mol. The van der Waals surface area contributed by atoms with Gasteiger partial charge in [0, 0.05) is 17.8 Å². The number of nitrogens with one attached hydrogen (secondary N) is 2. The van der Waals surface area contributed by atoms with E-state index in [0.717, 1.165) is 30.6 Å². The lowest BCUT2D eigenvalue weighted by Crippen LogP contribution is -2.44. The summed E-state index contributed by atoms with van der Waals surface area (Å²) < 4.78 is 0. The molecule has 130 valence electrons. The van der Waals surface area contributed by atoms with E-state index in [1.165, 1.54) is 4.90 Å². The molecule has 1 spiro atoms. The Labute approximate surface area is 145 Å². The fraction of sp³-hybridized carbons (Fsp3) is 0.588. The van der Waals surface area contributed by atoms with Gasteiger partial charge in [-0.15, -0.1) is 11.3 Å². The summed E-state index contributed by atoms with van der Waals surface area (Å²) in [6.45, 7) is 2.25. The predicted octanol–water partition coefficient (Wildman–Crippen LogP) is 2.57. The maximum atomic E-state index is 12.5. The summed E-state index contributed by atoms with van der Waals surface area (Å²) in [5.74, 6) is -0.170. The van der Waals surface area contributed by atoms with Gasteiger partial charge in [0.2, 0.25) is 5.91 Å². The van der Waals surface area contributed by atoms with Gasteiger partial charge in [-0.3, -0.25) is 14.5 Å². The monoisotopic (exact) mass is 349 g/mol. The van der Waals surface area contributed by atoms with Crippen LogP contribution in [0, 0.1) is 0 Å². The second-order valence-corrected chi connectivity index (χ2v) is 7.56. The van der Waals surface area contributed by atoms with Gasteiger partial charge in [0.1, 0.15) is 5.54 Å². The van der Waals surface area contributed by atoms with Gasteiger partial charge in [-0.1, -0.05) is 18.9 Å². The molecule has 0 unspecified atom stereocenters. The number of nitrogens with zero attached hydrogens (tertiary/aromatic N) is 1. The van der Waals surface area contributed by atoms with Crippen LogP contribution in [0.25, 0.3) is 0 Å². The number of imide groups is 1. The fourth-order valence-corrected chi connectivity index (χ4v) is 4.25. The van der Waals surface area contributed by atoms with E-state index in [2.05, 4.69) is 10.6 Å². The van der Waals surface area contributed by atoms with E-state index in [9.17, 15) is 14.4 Å².